The van der Waals surface area contributed by atoms with Gasteiger partial charge >= 0.3 is 0 Å². The van der Waals surface area contributed by atoms with Gasteiger partial charge in [-0.15, -0.1) is 0 Å². The Hall–Kier alpha value is -1.20. The maximum atomic E-state index is 9.58. The lowest BCUT2D eigenvalue weighted by atomic mass is 10.1. The van der Waals surface area contributed by atoms with Crippen molar-refractivity contribution in [1.82, 2.24) is 14.9 Å². The van der Waals surface area contributed by atoms with Crippen LogP contribution in [0.5, 0.6) is 5.88 Å². The van der Waals surface area contributed by atoms with E-state index in [9.17, 15) is 5.11 Å². The summed E-state index contributed by atoms with van der Waals surface area (Å²) in [5.41, 5.74) is 0.833. The molecule has 88 valence electrons. The van der Waals surface area contributed by atoms with Crippen LogP contribution in [-0.2, 0) is 6.54 Å². The van der Waals surface area contributed by atoms with E-state index in [1.165, 1.54) is 0 Å². The predicted molar refractivity (Wildman–Crippen MR) is 59.1 cm³/mol. The standard InChI is InChI=1S/C11H17N3O2/c1-16-11-10(12-4-5-13-11)8-14-6-2-3-9(15)7-14/h4-5,9,15H,2-3,6-8H2,1H3/t9-/m0/s1. The number of β-amino-alcohol motifs (C(OH)–C–C–N with tert-alkyl or cyclic N) is 1. The minimum atomic E-state index is -0.212. The van der Waals surface area contributed by atoms with Gasteiger partial charge in [0.1, 0.15) is 5.69 Å². The Bertz CT molecular complexity index is 346. The molecule has 0 unspecified atom stereocenters. The van der Waals surface area contributed by atoms with Crippen LogP contribution in [0.3, 0.4) is 0 Å². The molecule has 1 aromatic heterocycles. The maximum absolute atomic E-state index is 9.58. The molecule has 5 nitrogen and oxygen atoms in total. The fourth-order valence-electron chi connectivity index (χ4n) is 2.02. The average molecular weight is 223 g/mol. The number of aromatic nitrogens is 2. The largest absolute Gasteiger partial charge is 0.480 e. The summed E-state index contributed by atoms with van der Waals surface area (Å²) in [6, 6.07) is 0. The molecule has 5 heteroatoms. The van der Waals surface area contributed by atoms with E-state index in [0.717, 1.165) is 25.1 Å². The van der Waals surface area contributed by atoms with E-state index in [1.54, 1.807) is 19.5 Å². The Balaban J connectivity index is 2.02. The summed E-state index contributed by atoms with van der Waals surface area (Å²) >= 11 is 0. The van der Waals surface area contributed by atoms with Gasteiger partial charge in [0.05, 0.1) is 13.2 Å². The van der Waals surface area contributed by atoms with Gasteiger partial charge in [0.25, 0.3) is 0 Å². The second-order valence-electron chi connectivity index (χ2n) is 4.04. The first-order valence-electron chi connectivity index (χ1n) is 5.54. The molecule has 16 heavy (non-hydrogen) atoms. The van der Waals surface area contributed by atoms with Crippen LogP contribution < -0.4 is 4.74 Å². The smallest absolute Gasteiger partial charge is 0.236 e. The second kappa shape index (κ2) is 5.23. The molecule has 1 saturated heterocycles. The number of ether oxygens (including phenoxy) is 1. The lowest BCUT2D eigenvalue weighted by Gasteiger charge is -2.29. The van der Waals surface area contributed by atoms with Crippen molar-refractivity contribution in [2.24, 2.45) is 0 Å². The van der Waals surface area contributed by atoms with E-state index in [2.05, 4.69) is 14.9 Å². The minimum absolute atomic E-state index is 0.212. The van der Waals surface area contributed by atoms with Gasteiger partial charge in [0.15, 0.2) is 0 Å². The highest BCUT2D eigenvalue weighted by Gasteiger charge is 2.19. The molecule has 1 aliphatic rings. The fraction of sp³-hybridized carbons (Fsp3) is 0.636. The maximum Gasteiger partial charge on any atom is 0.236 e. The predicted octanol–water partition coefficient (Wildman–Crippen LogP) is 0.442. The number of piperidine rings is 1. The molecule has 1 aromatic rings. The first kappa shape index (κ1) is 11.3. The molecule has 0 aromatic carbocycles. The van der Waals surface area contributed by atoms with E-state index in [4.69, 9.17) is 4.74 Å². The molecule has 0 spiro atoms. The molecule has 2 heterocycles. The van der Waals surface area contributed by atoms with Crippen molar-refractivity contribution in [3.05, 3.63) is 18.1 Å². The molecular formula is C11H17N3O2. The van der Waals surface area contributed by atoms with Crippen molar-refractivity contribution in [1.29, 1.82) is 0 Å². The Morgan fingerprint density at radius 1 is 1.50 bits per heavy atom. The third kappa shape index (κ3) is 2.68. The number of aliphatic hydroxyl groups excluding tert-OH is 1. The zero-order chi connectivity index (χ0) is 11.4. The van der Waals surface area contributed by atoms with Gasteiger partial charge in [-0.05, 0) is 19.4 Å². The summed E-state index contributed by atoms with van der Waals surface area (Å²) in [7, 11) is 1.60. The summed E-state index contributed by atoms with van der Waals surface area (Å²) in [6.45, 7) is 2.39. The van der Waals surface area contributed by atoms with Gasteiger partial charge in [0, 0.05) is 25.5 Å². The summed E-state index contributed by atoms with van der Waals surface area (Å²) in [4.78, 5) is 10.5. The van der Waals surface area contributed by atoms with E-state index in [0.29, 0.717) is 19.0 Å². The fourth-order valence-corrected chi connectivity index (χ4v) is 2.02. The highest BCUT2D eigenvalue weighted by atomic mass is 16.5. The lowest BCUT2D eigenvalue weighted by Crippen LogP contribution is -2.37. The van der Waals surface area contributed by atoms with Crippen molar-refractivity contribution in [2.75, 3.05) is 20.2 Å². The van der Waals surface area contributed by atoms with Crippen molar-refractivity contribution in [2.45, 2.75) is 25.5 Å². The molecule has 2 rings (SSSR count). The van der Waals surface area contributed by atoms with Crippen LogP contribution in [0.4, 0.5) is 0 Å². The van der Waals surface area contributed by atoms with Crippen LogP contribution in [0.15, 0.2) is 12.4 Å². The van der Waals surface area contributed by atoms with Crippen LogP contribution in [0.25, 0.3) is 0 Å². The summed E-state index contributed by atoms with van der Waals surface area (Å²) < 4.78 is 5.15. The molecular weight excluding hydrogens is 206 g/mol. The number of rotatable bonds is 3. The van der Waals surface area contributed by atoms with Crippen LogP contribution in [-0.4, -0.2) is 46.3 Å². The zero-order valence-corrected chi connectivity index (χ0v) is 9.46. The van der Waals surface area contributed by atoms with E-state index < -0.39 is 0 Å². The number of hydrogen-bond donors (Lipinski definition) is 1. The summed E-state index contributed by atoms with van der Waals surface area (Å²) in [5.74, 6) is 0.572. The molecule has 0 bridgehead atoms. The Morgan fingerprint density at radius 2 is 2.31 bits per heavy atom. The second-order valence-corrected chi connectivity index (χ2v) is 4.04. The minimum Gasteiger partial charge on any atom is -0.480 e. The van der Waals surface area contributed by atoms with Crippen LogP contribution >= 0.6 is 0 Å². The normalized spacial score (nSPS) is 22.0. The molecule has 1 atom stereocenters. The van der Waals surface area contributed by atoms with Gasteiger partial charge in [-0.3, -0.25) is 9.88 Å². The number of aliphatic hydroxyl groups is 1. The first-order chi connectivity index (χ1) is 7.79. The summed E-state index contributed by atoms with van der Waals surface area (Å²) in [6.07, 6.45) is 5.00. The molecule has 0 saturated carbocycles. The highest BCUT2D eigenvalue weighted by molar-refractivity contribution is 5.16. The number of likely N-dealkylation sites (tertiary alicyclic amines) is 1. The number of methoxy groups -OCH3 is 1. The topological polar surface area (TPSA) is 58.5 Å². The Kier molecular flexibility index (Phi) is 3.69. The summed E-state index contributed by atoms with van der Waals surface area (Å²) in [5, 5.41) is 9.58. The number of nitrogens with zero attached hydrogens (tertiary/aromatic N) is 3. The van der Waals surface area contributed by atoms with Crippen molar-refractivity contribution >= 4 is 0 Å². The quantitative estimate of drug-likeness (QED) is 0.806. The zero-order valence-electron chi connectivity index (χ0n) is 9.46. The molecule has 1 fully saturated rings. The molecule has 0 aliphatic carbocycles. The van der Waals surface area contributed by atoms with Crippen molar-refractivity contribution in [3.63, 3.8) is 0 Å². The monoisotopic (exact) mass is 223 g/mol. The van der Waals surface area contributed by atoms with Gasteiger partial charge < -0.3 is 9.84 Å². The Morgan fingerprint density at radius 3 is 3.06 bits per heavy atom. The van der Waals surface area contributed by atoms with Crippen molar-refractivity contribution in [3.8, 4) is 5.88 Å². The highest BCUT2D eigenvalue weighted by Crippen LogP contribution is 2.17. The van der Waals surface area contributed by atoms with Gasteiger partial charge in [-0.25, -0.2) is 4.98 Å². The van der Waals surface area contributed by atoms with E-state index in [1.807, 2.05) is 0 Å². The van der Waals surface area contributed by atoms with Gasteiger partial charge in [0.2, 0.25) is 5.88 Å². The molecule has 1 aliphatic heterocycles. The van der Waals surface area contributed by atoms with Crippen molar-refractivity contribution < 1.29 is 9.84 Å². The van der Waals surface area contributed by atoms with E-state index >= 15 is 0 Å². The van der Waals surface area contributed by atoms with Crippen LogP contribution in [0.2, 0.25) is 0 Å². The lowest BCUT2D eigenvalue weighted by molar-refractivity contribution is 0.0656. The number of hydrogen-bond acceptors (Lipinski definition) is 5. The van der Waals surface area contributed by atoms with Gasteiger partial charge in [-0.1, -0.05) is 0 Å². The SMILES string of the molecule is COc1nccnc1CN1CCC[C@H](O)C1. The third-order valence-corrected chi connectivity index (χ3v) is 2.78. The average Bonchev–Trinajstić information content (AvgIpc) is 2.30. The first-order valence-corrected chi connectivity index (χ1v) is 5.54. The Labute approximate surface area is 95.1 Å². The van der Waals surface area contributed by atoms with E-state index in [-0.39, 0.29) is 6.10 Å². The molecule has 0 amide bonds. The third-order valence-electron chi connectivity index (χ3n) is 2.78. The van der Waals surface area contributed by atoms with Crippen LogP contribution in [0.1, 0.15) is 18.5 Å². The van der Waals surface area contributed by atoms with Gasteiger partial charge in [-0.2, -0.15) is 0 Å². The van der Waals surface area contributed by atoms with Crippen LogP contribution in [0, 0.1) is 0 Å². The molecule has 0 radical (unpaired) electrons. The molecule has 1 N–H and O–H groups in total.